The SMILES string of the molecule is Cn1cnnc1CNc1nc[nH]c(=O)c1Cl. The molecule has 0 atom stereocenters. The van der Waals surface area contributed by atoms with Crippen molar-refractivity contribution in [3.8, 4) is 0 Å². The van der Waals surface area contributed by atoms with E-state index in [0.717, 1.165) is 5.82 Å². The predicted molar refractivity (Wildman–Crippen MR) is 58.2 cm³/mol. The van der Waals surface area contributed by atoms with Crippen LogP contribution in [0.4, 0.5) is 5.82 Å². The Morgan fingerprint density at radius 1 is 1.62 bits per heavy atom. The predicted octanol–water partition coefficient (Wildman–Crippen LogP) is 0.164. The number of anilines is 1. The quantitative estimate of drug-likeness (QED) is 0.798. The molecule has 0 unspecified atom stereocenters. The minimum absolute atomic E-state index is 0.0321. The summed E-state index contributed by atoms with van der Waals surface area (Å²) in [4.78, 5) is 17.5. The molecule has 0 aliphatic carbocycles. The Labute approximate surface area is 95.5 Å². The highest BCUT2D eigenvalue weighted by atomic mass is 35.5. The zero-order chi connectivity index (χ0) is 11.5. The van der Waals surface area contributed by atoms with Crippen LogP contribution in [-0.4, -0.2) is 24.7 Å². The van der Waals surface area contributed by atoms with Crippen molar-refractivity contribution >= 4 is 17.4 Å². The fourth-order valence-electron chi connectivity index (χ4n) is 1.14. The average Bonchev–Trinajstić information content (AvgIpc) is 2.67. The second kappa shape index (κ2) is 4.31. The second-order valence-corrected chi connectivity index (χ2v) is 3.48. The number of nitrogens with zero attached hydrogens (tertiary/aromatic N) is 4. The number of nitrogens with one attached hydrogen (secondary N) is 2. The highest BCUT2D eigenvalue weighted by molar-refractivity contribution is 6.32. The zero-order valence-corrected chi connectivity index (χ0v) is 9.19. The molecule has 2 aromatic heterocycles. The molecule has 0 aromatic carbocycles. The van der Waals surface area contributed by atoms with E-state index in [-0.39, 0.29) is 10.6 Å². The van der Waals surface area contributed by atoms with Crippen molar-refractivity contribution in [3.05, 3.63) is 33.9 Å². The van der Waals surface area contributed by atoms with Gasteiger partial charge in [-0.05, 0) is 0 Å². The molecule has 84 valence electrons. The van der Waals surface area contributed by atoms with Crippen LogP contribution >= 0.6 is 11.6 Å². The van der Waals surface area contributed by atoms with Crippen LogP contribution in [0.25, 0.3) is 0 Å². The lowest BCUT2D eigenvalue weighted by Crippen LogP contribution is -2.13. The van der Waals surface area contributed by atoms with Gasteiger partial charge < -0.3 is 14.9 Å². The number of aromatic amines is 1. The maximum absolute atomic E-state index is 11.2. The number of H-pyrrole nitrogens is 1. The molecule has 2 N–H and O–H groups in total. The number of hydrogen-bond donors (Lipinski definition) is 2. The molecule has 0 amide bonds. The van der Waals surface area contributed by atoms with Crippen LogP contribution in [0.15, 0.2) is 17.4 Å². The number of hydrogen-bond acceptors (Lipinski definition) is 5. The molecule has 7 nitrogen and oxygen atoms in total. The molecule has 16 heavy (non-hydrogen) atoms. The van der Waals surface area contributed by atoms with Gasteiger partial charge in [0.2, 0.25) is 0 Å². The van der Waals surface area contributed by atoms with Crippen molar-refractivity contribution in [1.82, 2.24) is 24.7 Å². The van der Waals surface area contributed by atoms with Gasteiger partial charge in [0.25, 0.3) is 5.56 Å². The van der Waals surface area contributed by atoms with Crippen molar-refractivity contribution in [1.29, 1.82) is 0 Å². The molecule has 0 aliphatic heterocycles. The van der Waals surface area contributed by atoms with E-state index in [4.69, 9.17) is 11.6 Å². The smallest absolute Gasteiger partial charge is 0.271 e. The number of aromatic nitrogens is 5. The molecule has 8 heteroatoms. The van der Waals surface area contributed by atoms with Crippen molar-refractivity contribution in [2.75, 3.05) is 5.32 Å². The first-order valence-corrected chi connectivity index (χ1v) is 4.86. The molecule has 0 fully saturated rings. The zero-order valence-electron chi connectivity index (χ0n) is 8.44. The van der Waals surface area contributed by atoms with Crippen LogP contribution < -0.4 is 10.9 Å². The normalized spacial score (nSPS) is 10.4. The largest absolute Gasteiger partial charge is 0.361 e. The summed E-state index contributed by atoms with van der Waals surface area (Å²) < 4.78 is 1.76. The summed E-state index contributed by atoms with van der Waals surface area (Å²) in [5.74, 6) is 1.05. The lowest BCUT2D eigenvalue weighted by atomic mass is 10.5. The Morgan fingerprint density at radius 3 is 3.12 bits per heavy atom. The van der Waals surface area contributed by atoms with E-state index in [1.165, 1.54) is 6.33 Å². The molecular formula is C8H9ClN6O. The third kappa shape index (κ3) is 2.03. The van der Waals surface area contributed by atoms with E-state index < -0.39 is 0 Å². The van der Waals surface area contributed by atoms with Crippen molar-refractivity contribution in [2.45, 2.75) is 6.54 Å². The third-order valence-electron chi connectivity index (χ3n) is 2.02. The molecule has 0 saturated heterocycles. The van der Waals surface area contributed by atoms with Crippen LogP contribution in [0, 0.1) is 0 Å². The van der Waals surface area contributed by atoms with E-state index in [0.29, 0.717) is 12.4 Å². The maximum Gasteiger partial charge on any atom is 0.271 e. The Bertz CT molecular complexity index is 547. The lowest BCUT2D eigenvalue weighted by Gasteiger charge is -2.05. The minimum Gasteiger partial charge on any atom is -0.361 e. The fourth-order valence-corrected chi connectivity index (χ4v) is 1.31. The van der Waals surface area contributed by atoms with Crippen LogP contribution in [0.3, 0.4) is 0 Å². The monoisotopic (exact) mass is 240 g/mol. The summed E-state index contributed by atoms with van der Waals surface area (Å²) in [7, 11) is 1.82. The summed E-state index contributed by atoms with van der Waals surface area (Å²) in [5.41, 5.74) is -0.378. The van der Waals surface area contributed by atoms with Gasteiger partial charge in [-0.3, -0.25) is 4.79 Å². The second-order valence-electron chi connectivity index (χ2n) is 3.11. The molecule has 0 saturated carbocycles. The van der Waals surface area contributed by atoms with Crippen LogP contribution in [-0.2, 0) is 13.6 Å². The first-order valence-electron chi connectivity index (χ1n) is 4.48. The van der Waals surface area contributed by atoms with Crippen LogP contribution in [0.1, 0.15) is 5.82 Å². The van der Waals surface area contributed by atoms with Crippen LogP contribution in [0.2, 0.25) is 5.02 Å². The van der Waals surface area contributed by atoms with Gasteiger partial charge in [0, 0.05) is 7.05 Å². The van der Waals surface area contributed by atoms with Gasteiger partial charge in [-0.2, -0.15) is 0 Å². The van der Waals surface area contributed by atoms with Gasteiger partial charge in [-0.25, -0.2) is 4.98 Å². The molecule has 0 spiro atoms. The van der Waals surface area contributed by atoms with Crippen molar-refractivity contribution in [2.24, 2.45) is 7.05 Å². The van der Waals surface area contributed by atoms with Gasteiger partial charge in [-0.1, -0.05) is 11.6 Å². The van der Waals surface area contributed by atoms with Gasteiger partial charge in [0.1, 0.15) is 11.3 Å². The molecular weight excluding hydrogens is 232 g/mol. The number of rotatable bonds is 3. The average molecular weight is 241 g/mol. The summed E-state index contributed by atoms with van der Waals surface area (Å²) in [5, 5.41) is 10.5. The molecule has 0 aliphatic rings. The minimum atomic E-state index is -0.378. The van der Waals surface area contributed by atoms with Gasteiger partial charge in [0.05, 0.1) is 12.9 Å². The summed E-state index contributed by atoms with van der Waals surface area (Å²) >= 11 is 5.76. The highest BCUT2D eigenvalue weighted by Gasteiger charge is 2.06. The summed E-state index contributed by atoms with van der Waals surface area (Å²) in [6.07, 6.45) is 2.87. The Hall–Kier alpha value is -1.89. The van der Waals surface area contributed by atoms with Crippen LogP contribution in [0.5, 0.6) is 0 Å². The Morgan fingerprint density at radius 2 is 2.44 bits per heavy atom. The van der Waals surface area contributed by atoms with E-state index >= 15 is 0 Å². The maximum atomic E-state index is 11.2. The highest BCUT2D eigenvalue weighted by Crippen LogP contribution is 2.12. The van der Waals surface area contributed by atoms with Gasteiger partial charge in [0.15, 0.2) is 11.6 Å². The first-order chi connectivity index (χ1) is 7.68. The fraction of sp³-hybridized carbons (Fsp3) is 0.250. The topological polar surface area (TPSA) is 88.5 Å². The number of halogens is 1. The summed E-state index contributed by atoms with van der Waals surface area (Å²) in [6.45, 7) is 0.396. The molecule has 0 bridgehead atoms. The first kappa shape index (κ1) is 10.6. The Kier molecular flexibility index (Phi) is 2.86. The number of aryl methyl sites for hydroxylation is 1. The van der Waals surface area contributed by atoms with E-state index in [9.17, 15) is 4.79 Å². The summed E-state index contributed by atoms with van der Waals surface area (Å²) in [6, 6.07) is 0. The molecule has 2 rings (SSSR count). The lowest BCUT2D eigenvalue weighted by molar-refractivity contribution is 0.809. The third-order valence-corrected chi connectivity index (χ3v) is 2.37. The van der Waals surface area contributed by atoms with E-state index in [1.807, 2.05) is 7.05 Å². The van der Waals surface area contributed by atoms with Gasteiger partial charge >= 0.3 is 0 Å². The van der Waals surface area contributed by atoms with Crippen molar-refractivity contribution in [3.63, 3.8) is 0 Å². The standard InChI is InChI=1S/C8H9ClN6O/c1-15-4-13-14-5(15)2-10-7-6(9)8(16)12-3-11-7/h3-4H,2H2,1H3,(H2,10,11,12,16). The Balaban J connectivity index is 2.14. The molecule has 0 radical (unpaired) electrons. The van der Waals surface area contributed by atoms with Gasteiger partial charge in [-0.15, -0.1) is 10.2 Å². The van der Waals surface area contributed by atoms with E-state index in [1.54, 1.807) is 10.9 Å². The molecule has 2 aromatic rings. The van der Waals surface area contributed by atoms with Crippen molar-refractivity contribution < 1.29 is 0 Å². The molecule has 2 heterocycles. The van der Waals surface area contributed by atoms with E-state index in [2.05, 4.69) is 25.5 Å².